The first-order valence-corrected chi connectivity index (χ1v) is 5.07. The average Bonchev–Trinajstić information content (AvgIpc) is 2.22. The van der Waals surface area contributed by atoms with Crippen molar-refractivity contribution in [3.63, 3.8) is 0 Å². The van der Waals surface area contributed by atoms with Crippen LogP contribution in [-0.4, -0.2) is 19.3 Å². The van der Waals surface area contributed by atoms with Crippen LogP contribution in [0, 0.1) is 11.7 Å². The SMILES string of the molecule is NCC(COc1ccc(Cl)c(F)c1)C(F)(F)F. The smallest absolute Gasteiger partial charge is 0.396 e. The average molecular weight is 272 g/mol. The predicted molar refractivity (Wildman–Crippen MR) is 55.5 cm³/mol. The van der Waals surface area contributed by atoms with Gasteiger partial charge in [0, 0.05) is 12.6 Å². The van der Waals surface area contributed by atoms with Gasteiger partial charge in [-0.3, -0.25) is 0 Å². The van der Waals surface area contributed by atoms with Gasteiger partial charge in [-0.15, -0.1) is 0 Å². The van der Waals surface area contributed by atoms with Crippen LogP contribution in [0.4, 0.5) is 17.6 Å². The molecule has 1 aromatic rings. The molecular weight excluding hydrogens is 262 g/mol. The molecule has 1 rings (SSSR count). The van der Waals surface area contributed by atoms with Gasteiger partial charge >= 0.3 is 6.18 Å². The van der Waals surface area contributed by atoms with Crippen molar-refractivity contribution in [2.45, 2.75) is 6.18 Å². The molecule has 1 unspecified atom stereocenters. The summed E-state index contributed by atoms with van der Waals surface area (Å²) >= 11 is 5.41. The van der Waals surface area contributed by atoms with Crippen molar-refractivity contribution >= 4 is 11.6 Å². The molecule has 0 bridgehead atoms. The molecule has 96 valence electrons. The van der Waals surface area contributed by atoms with E-state index >= 15 is 0 Å². The van der Waals surface area contributed by atoms with Crippen LogP contribution in [0.1, 0.15) is 0 Å². The zero-order valence-corrected chi connectivity index (χ0v) is 9.35. The van der Waals surface area contributed by atoms with Crippen LogP contribution in [-0.2, 0) is 0 Å². The van der Waals surface area contributed by atoms with Gasteiger partial charge in [-0.25, -0.2) is 4.39 Å². The minimum atomic E-state index is -4.43. The lowest BCUT2D eigenvalue weighted by Gasteiger charge is -2.18. The first kappa shape index (κ1) is 14.1. The number of rotatable bonds is 4. The van der Waals surface area contributed by atoms with E-state index in [1.165, 1.54) is 12.1 Å². The van der Waals surface area contributed by atoms with Crippen molar-refractivity contribution < 1.29 is 22.3 Å². The summed E-state index contributed by atoms with van der Waals surface area (Å²) in [5.74, 6) is -2.55. The van der Waals surface area contributed by atoms with Crippen LogP contribution in [0.2, 0.25) is 5.02 Å². The Balaban J connectivity index is 2.63. The second-order valence-electron chi connectivity index (χ2n) is 3.36. The Morgan fingerprint density at radius 3 is 2.47 bits per heavy atom. The van der Waals surface area contributed by atoms with Gasteiger partial charge in [0.1, 0.15) is 24.1 Å². The predicted octanol–water partition coefficient (Wildman–Crippen LogP) is 3.00. The molecule has 17 heavy (non-hydrogen) atoms. The van der Waals surface area contributed by atoms with Crippen LogP contribution < -0.4 is 10.5 Å². The van der Waals surface area contributed by atoms with Gasteiger partial charge in [0.15, 0.2) is 0 Å². The second-order valence-corrected chi connectivity index (χ2v) is 3.77. The maximum atomic E-state index is 13.0. The summed E-state index contributed by atoms with van der Waals surface area (Å²) in [4.78, 5) is 0. The van der Waals surface area contributed by atoms with Crippen LogP contribution in [0.15, 0.2) is 18.2 Å². The quantitative estimate of drug-likeness (QED) is 0.855. The van der Waals surface area contributed by atoms with Gasteiger partial charge in [-0.2, -0.15) is 13.2 Å². The third-order valence-corrected chi connectivity index (χ3v) is 2.40. The zero-order valence-electron chi connectivity index (χ0n) is 8.60. The molecule has 1 atom stereocenters. The van der Waals surface area contributed by atoms with Crippen LogP contribution in [0.5, 0.6) is 5.75 Å². The lowest BCUT2D eigenvalue weighted by Crippen LogP contribution is -2.35. The molecular formula is C10H10ClF4NO. The Morgan fingerprint density at radius 2 is 2.00 bits per heavy atom. The molecule has 0 amide bonds. The largest absolute Gasteiger partial charge is 0.493 e. The first-order chi connectivity index (χ1) is 7.84. The highest BCUT2D eigenvalue weighted by atomic mass is 35.5. The van der Waals surface area contributed by atoms with Crippen LogP contribution in [0.25, 0.3) is 0 Å². The van der Waals surface area contributed by atoms with E-state index in [-0.39, 0.29) is 10.8 Å². The van der Waals surface area contributed by atoms with E-state index in [1.54, 1.807) is 0 Å². The molecule has 0 fully saturated rings. The molecule has 0 saturated heterocycles. The number of halogens is 5. The van der Waals surface area contributed by atoms with Crippen molar-refractivity contribution in [1.82, 2.24) is 0 Å². The molecule has 0 radical (unpaired) electrons. The van der Waals surface area contributed by atoms with Gasteiger partial charge < -0.3 is 10.5 Å². The van der Waals surface area contributed by atoms with E-state index in [0.29, 0.717) is 0 Å². The summed E-state index contributed by atoms with van der Waals surface area (Å²) in [6.07, 6.45) is -4.43. The molecule has 7 heteroatoms. The maximum absolute atomic E-state index is 13.0. The molecule has 0 aliphatic rings. The van der Waals surface area contributed by atoms with Crippen molar-refractivity contribution in [2.75, 3.05) is 13.2 Å². The minimum Gasteiger partial charge on any atom is -0.493 e. The van der Waals surface area contributed by atoms with E-state index in [1.807, 2.05) is 0 Å². The van der Waals surface area contributed by atoms with E-state index < -0.39 is 31.1 Å². The topological polar surface area (TPSA) is 35.2 Å². The Kier molecular flexibility index (Phi) is 4.59. The van der Waals surface area contributed by atoms with Crippen molar-refractivity contribution in [2.24, 2.45) is 11.7 Å². The molecule has 0 aromatic heterocycles. The van der Waals surface area contributed by atoms with E-state index in [4.69, 9.17) is 22.1 Å². The summed E-state index contributed by atoms with van der Waals surface area (Å²) < 4.78 is 54.7. The normalized spacial score (nSPS) is 13.5. The van der Waals surface area contributed by atoms with Gasteiger partial charge in [0.05, 0.1) is 5.02 Å². The van der Waals surface area contributed by atoms with Crippen molar-refractivity contribution in [3.8, 4) is 5.75 Å². The first-order valence-electron chi connectivity index (χ1n) is 4.69. The van der Waals surface area contributed by atoms with Crippen LogP contribution in [0.3, 0.4) is 0 Å². The number of hydrogen-bond donors (Lipinski definition) is 1. The summed E-state index contributed by atoms with van der Waals surface area (Å²) in [7, 11) is 0. The Morgan fingerprint density at radius 1 is 1.35 bits per heavy atom. The standard InChI is InChI=1S/C10H10ClF4NO/c11-8-2-1-7(3-9(8)12)17-5-6(4-16)10(13,14)15/h1-3,6H,4-5,16H2. The number of ether oxygens (including phenoxy) is 1. The number of alkyl halides is 3. The van der Waals surface area contributed by atoms with Gasteiger partial charge in [0.2, 0.25) is 0 Å². The highest BCUT2D eigenvalue weighted by molar-refractivity contribution is 6.30. The van der Waals surface area contributed by atoms with Crippen LogP contribution >= 0.6 is 11.6 Å². The lowest BCUT2D eigenvalue weighted by molar-refractivity contribution is -0.178. The molecule has 0 heterocycles. The third-order valence-electron chi connectivity index (χ3n) is 2.09. The molecule has 2 nitrogen and oxygen atoms in total. The molecule has 0 aliphatic carbocycles. The number of nitrogens with two attached hydrogens (primary N) is 1. The van der Waals surface area contributed by atoms with E-state index in [2.05, 4.69) is 0 Å². The number of hydrogen-bond acceptors (Lipinski definition) is 2. The van der Waals surface area contributed by atoms with Crippen molar-refractivity contribution in [1.29, 1.82) is 0 Å². The summed E-state index contributed by atoms with van der Waals surface area (Å²) in [6, 6.07) is 3.42. The summed E-state index contributed by atoms with van der Waals surface area (Å²) in [5.41, 5.74) is 4.98. The fourth-order valence-corrected chi connectivity index (χ4v) is 1.18. The minimum absolute atomic E-state index is 0.0189. The van der Waals surface area contributed by atoms with Gasteiger partial charge in [-0.1, -0.05) is 11.6 Å². The number of benzene rings is 1. The lowest BCUT2D eigenvalue weighted by atomic mass is 10.1. The van der Waals surface area contributed by atoms with Gasteiger partial charge in [-0.05, 0) is 12.1 Å². The van der Waals surface area contributed by atoms with E-state index in [0.717, 1.165) is 6.07 Å². The Hall–Kier alpha value is -1.01. The Labute approximate surface area is 100 Å². The second kappa shape index (κ2) is 5.55. The molecule has 0 saturated carbocycles. The van der Waals surface area contributed by atoms with Gasteiger partial charge in [0.25, 0.3) is 0 Å². The molecule has 1 aromatic carbocycles. The highest BCUT2D eigenvalue weighted by Crippen LogP contribution is 2.27. The van der Waals surface area contributed by atoms with Crippen molar-refractivity contribution in [3.05, 3.63) is 29.0 Å². The Bertz CT molecular complexity index is 383. The fourth-order valence-electron chi connectivity index (χ4n) is 1.06. The fraction of sp³-hybridized carbons (Fsp3) is 0.400. The zero-order chi connectivity index (χ0) is 13.1. The molecule has 0 aliphatic heterocycles. The maximum Gasteiger partial charge on any atom is 0.396 e. The summed E-state index contributed by atoms with van der Waals surface area (Å²) in [6.45, 7) is -1.24. The highest BCUT2D eigenvalue weighted by Gasteiger charge is 2.39. The third kappa shape index (κ3) is 4.05. The summed E-state index contributed by atoms with van der Waals surface area (Å²) in [5, 5.41) is -0.122. The molecule has 2 N–H and O–H groups in total. The molecule has 0 spiro atoms. The van der Waals surface area contributed by atoms with E-state index in [9.17, 15) is 17.6 Å². The monoisotopic (exact) mass is 271 g/mol.